The van der Waals surface area contributed by atoms with Crippen LogP contribution < -0.4 is 10.9 Å². The molecular weight excluding hydrogens is 384 g/mol. The number of nitrogens with one attached hydrogen (secondary N) is 1. The van der Waals surface area contributed by atoms with Gasteiger partial charge in [-0.15, -0.1) is 0 Å². The Morgan fingerprint density at radius 2 is 1.66 bits per heavy atom. The van der Waals surface area contributed by atoms with Crippen molar-refractivity contribution in [1.29, 1.82) is 0 Å². The van der Waals surface area contributed by atoms with Crippen molar-refractivity contribution in [2.75, 3.05) is 11.9 Å². The Balaban J connectivity index is 1.64. The van der Waals surface area contributed by atoms with Gasteiger partial charge in [0.15, 0.2) is 12.3 Å². The highest BCUT2D eigenvalue weighted by Gasteiger charge is 2.16. The van der Waals surface area contributed by atoms with Crippen LogP contribution in [0.5, 0.6) is 0 Å². The number of nitrogens with zero attached hydrogens (tertiary/aromatic N) is 2. The van der Waals surface area contributed by atoms with Crippen LogP contribution in [-0.2, 0) is 16.1 Å². The first-order chi connectivity index (χ1) is 13.9. The molecule has 7 nitrogen and oxygen atoms in total. The zero-order valence-corrected chi connectivity index (χ0v) is 15.0. The predicted molar refractivity (Wildman–Crippen MR) is 99.3 cm³/mol. The van der Waals surface area contributed by atoms with E-state index in [4.69, 9.17) is 4.74 Å². The van der Waals surface area contributed by atoms with Crippen LogP contribution in [0, 0.1) is 11.6 Å². The first-order valence-electron chi connectivity index (χ1n) is 8.47. The number of carbonyl (C=O) groups excluding carboxylic acids is 2. The van der Waals surface area contributed by atoms with Crippen molar-refractivity contribution in [1.82, 2.24) is 9.78 Å². The van der Waals surface area contributed by atoms with E-state index in [-0.39, 0.29) is 12.2 Å². The molecule has 0 bridgehead atoms. The van der Waals surface area contributed by atoms with E-state index in [1.165, 1.54) is 6.07 Å². The molecule has 0 atom stereocenters. The molecule has 0 aliphatic rings. The number of aromatic nitrogens is 2. The second kappa shape index (κ2) is 8.87. The van der Waals surface area contributed by atoms with E-state index in [0.29, 0.717) is 0 Å². The summed E-state index contributed by atoms with van der Waals surface area (Å²) in [5.74, 6) is -3.81. The molecule has 1 heterocycles. The largest absolute Gasteiger partial charge is 0.451 e. The number of ether oxygens (including phenoxy) is 1. The molecule has 0 saturated carbocycles. The number of para-hydroxylation sites is 1. The summed E-state index contributed by atoms with van der Waals surface area (Å²) in [6, 6.07) is 14.4. The molecule has 3 aromatic rings. The third-order valence-corrected chi connectivity index (χ3v) is 3.81. The molecular formula is C20H15F2N3O4. The number of carbonyl (C=O) groups is 2. The van der Waals surface area contributed by atoms with Crippen LogP contribution in [0.1, 0.15) is 16.1 Å². The number of rotatable bonds is 6. The number of esters is 1. The SMILES string of the molecule is O=C(COC(=O)c1ccc(=O)n(Cc2ccccc2)n1)Nc1c(F)cccc1F. The predicted octanol–water partition coefficient (Wildman–Crippen LogP) is 2.37. The second-order valence-corrected chi connectivity index (χ2v) is 5.92. The van der Waals surface area contributed by atoms with Gasteiger partial charge in [-0.3, -0.25) is 9.59 Å². The van der Waals surface area contributed by atoms with Crippen molar-refractivity contribution in [3.05, 3.63) is 93.9 Å². The number of anilines is 1. The number of halogens is 2. The Morgan fingerprint density at radius 3 is 2.34 bits per heavy atom. The number of hydrogen-bond acceptors (Lipinski definition) is 5. The van der Waals surface area contributed by atoms with Crippen LogP contribution in [-0.4, -0.2) is 28.3 Å². The van der Waals surface area contributed by atoms with E-state index < -0.39 is 41.4 Å². The Hall–Kier alpha value is -3.88. The maximum absolute atomic E-state index is 13.5. The highest BCUT2D eigenvalue weighted by molar-refractivity contribution is 5.94. The molecule has 29 heavy (non-hydrogen) atoms. The molecule has 0 aliphatic heterocycles. The van der Waals surface area contributed by atoms with Gasteiger partial charge in [-0.1, -0.05) is 36.4 Å². The lowest BCUT2D eigenvalue weighted by molar-refractivity contribution is -0.119. The van der Waals surface area contributed by atoms with Crippen LogP contribution in [0.15, 0.2) is 65.5 Å². The molecule has 0 saturated heterocycles. The maximum Gasteiger partial charge on any atom is 0.359 e. The molecule has 1 N–H and O–H groups in total. The first kappa shape index (κ1) is 19.9. The molecule has 0 fully saturated rings. The Bertz CT molecular complexity index is 1080. The molecule has 0 spiro atoms. The monoisotopic (exact) mass is 399 g/mol. The van der Waals surface area contributed by atoms with E-state index in [9.17, 15) is 23.2 Å². The summed E-state index contributed by atoms with van der Waals surface area (Å²) in [4.78, 5) is 35.9. The van der Waals surface area contributed by atoms with Crippen molar-refractivity contribution in [3.8, 4) is 0 Å². The fourth-order valence-electron chi connectivity index (χ4n) is 2.43. The fraction of sp³-hybridized carbons (Fsp3) is 0.100. The number of amides is 1. The zero-order chi connectivity index (χ0) is 20.8. The minimum Gasteiger partial charge on any atom is -0.451 e. The lowest BCUT2D eigenvalue weighted by atomic mass is 10.2. The summed E-state index contributed by atoms with van der Waals surface area (Å²) < 4.78 is 33.0. The zero-order valence-electron chi connectivity index (χ0n) is 15.0. The van der Waals surface area contributed by atoms with Gasteiger partial charge >= 0.3 is 5.97 Å². The van der Waals surface area contributed by atoms with E-state index >= 15 is 0 Å². The average Bonchev–Trinajstić information content (AvgIpc) is 2.71. The minimum absolute atomic E-state index is 0.147. The lowest BCUT2D eigenvalue weighted by Crippen LogP contribution is -2.27. The summed E-state index contributed by atoms with van der Waals surface area (Å²) in [5.41, 5.74) is -0.439. The molecule has 2 aromatic carbocycles. The second-order valence-electron chi connectivity index (χ2n) is 5.92. The van der Waals surface area contributed by atoms with Gasteiger partial charge in [0.2, 0.25) is 0 Å². The highest BCUT2D eigenvalue weighted by atomic mass is 19.1. The summed E-state index contributed by atoms with van der Waals surface area (Å²) in [6.45, 7) is -0.639. The maximum atomic E-state index is 13.5. The topological polar surface area (TPSA) is 90.3 Å². The third kappa shape index (κ3) is 5.10. The summed E-state index contributed by atoms with van der Waals surface area (Å²) in [5, 5.41) is 5.93. The fourth-order valence-corrected chi connectivity index (χ4v) is 2.43. The number of benzene rings is 2. The molecule has 9 heteroatoms. The van der Waals surface area contributed by atoms with Crippen molar-refractivity contribution in [2.45, 2.75) is 6.54 Å². The van der Waals surface area contributed by atoms with Gasteiger partial charge in [0, 0.05) is 6.07 Å². The molecule has 0 radical (unpaired) electrons. The molecule has 1 aromatic heterocycles. The first-order valence-corrected chi connectivity index (χ1v) is 8.47. The summed E-state index contributed by atoms with van der Waals surface area (Å²) >= 11 is 0. The molecule has 3 rings (SSSR count). The van der Waals surface area contributed by atoms with E-state index in [1.54, 1.807) is 24.3 Å². The van der Waals surface area contributed by atoms with Gasteiger partial charge < -0.3 is 10.1 Å². The van der Waals surface area contributed by atoms with Gasteiger partial charge in [0.05, 0.1) is 6.54 Å². The van der Waals surface area contributed by atoms with Crippen LogP contribution in [0.3, 0.4) is 0 Å². The highest BCUT2D eigenvalue weighted by Crippen LogP contribution is 2.17. The third-order valence-electron chi connectivity index (χ3n) is 3.81. The van der Waals surface area contributed by atoms with Crippen LogP contribution in [0.2, 0.25) is 0 Å². The smallest absolute Gasteiger partial charge is 0.359 e. The average molecular weight is 399 g/mol. The Labute approximate surface area is 163 Å². The molecule has 0 unspecified atom stereocenters. The van der Waals surface area contributed by atoms with Crippen molar-refractivity contribution >= 4 is 17.6 Å². The molecule has 148 valence electrons. The van der Waals surface area contributed by atoms with Crippen molar-refractivity contribution in [3.63, 3.8) is 0 Å². The van der Waals surface area contributed by atoms with Gasteiger partial charge in [-0.25, -0.2) is 18.3 Å². The summed E-state index contributed by atoms with van der Waals surface area (Å²) in [7, 11) is 0. The van der Waals surface area contributed by atoms with Crippen LogP contribution in [0.25, 0.3) is 0 Å². The normalized spacial score (nSPS) is 10.4. The van der Waals surface area contributed by atoms with E-state index in [1.807, 2.05) is 11.4 Å². The Morgan fingerprint density at radius 1 is 0.966 bits per heavy atom. The number of hydrogen-bond donors (Lipinski definition) is 1. The van der Waals surface area contributed by atoms with Gasteiger partial charge in [0.25, 0.3) is 11.5 Å². The quantitative estimate of drug-likeness (QED) is 0.643. The van der Waals surface area contributed by atoms with E-state index in [2.05, 4.69) is 5.10 Å². The van der Waals surface area contributed by atoms with Gasteiger partial charge in [-0.05, 0) is 23.8 Å². The van der Waals surface area contributed by atoms with Gasteiger partial charge in [0.1, 0.15) is 17.3 Å². The van der Waals surface area contributed by atoms with E-state index in [0.717, 1.165) is 34.5 Å². The Kier molecular flexibility index (Phi) is 6.08. The van der Waals surface area contributed by atoms with Crippen molar-refractivity contribution < 1.29 is 23.1 Å². The molecule has 0 aliphatic carbocycles. The van der Waals surface area contributed by atoms with Crippen LogP contribution >= 0.6 is 0 Å². The standard InChI is InChI=1S/C20H15F2N3O4/c21-14-7-4-8-15(22)19(14)23-17(26)12-29-20(28)16-9-10-18(27)25(24-16)11-13-5-2-1-3-6-13/h1-10H,11-12H2,(H,23,26). The summed E-state index contributed by atoms with van der Waals surface area (Å²) in [6.07, 6.45) is 0. The van der Waals surface area contributed by atoms with Crippen molar-refractivity contribution in [2.24, 2.45) is 0 Å². The van der Waals surface area contributed by atoms with Crippen LogP contribution in [0.4, 0.5) is 14.5 Å². The lowest BCUT2D eigenvalue weighted by Gasteiger charge is -2.09. The minimum atomic E-state index is -0.962. The molecule has 1 amide bonds. The van der Waals surface area contributed by atoms with Gasteiger partial charge in [-0.2, -0.15) is 5.10 Å².